The zero-order valence-corrected chi connectivity index (χ0v) is 11.7. The van der Waals surface area contributed by atoms with Crippen LogP contribution in [0.2, 0.25) is 0 Å². The molecule has 0 unspecified atom stereocenters. The van der Waals surface area contributed by atoms with E-state index >= 15 is 0 Å². The van der Waals surface area contributed by atoms with Crippen molar-refractivity contribution in [1.29, 1.82) is 0 Å². The SMILES string of the molecule is CCOCc1nc(=S)cc(-c2cc(F)ccc2C)[nH]1. The lowest BCUT2D eigenvalue weighted by molar-refractivity contribution is 0.128. The Labute approximate surface area is 116 Å². The van der Waals surface area contributed by atoms with Gasteiger partial charge in [0, 0.05) is 12.2 Å². The van der Waals surface area contributed by atoms with Crippen molar-refractivity contribution in [3.8, 4) is 11.3 Å². The molecule has 0 aliphatic heterocycles. The van der Waals surface area contributed by atoms with Crippen molar-refractivity contribution in [3.63, 3.8) is 0 Å². The zero-order chi connectivity index (χ0) is 13.8. The Morgan fingerprint density at radius 1 is 1.37 bits per heavy atom. The van der Waals surface area contributed by atoms with Gasteiger partial charge in [0.15, 0.2) is 0 Å². The van der Waals surface area contributed by atoms with Crippen LogP contribution >= 0.6 is 12.2 Å². The molecule has 5 heteroatoms. The molecule has 0 saturated heterocycles. The molecule has 0 spiro atoms. The Morgan fingerprint density at radius 2 is 2.16 bits per heavy atom. The number of H-pyrrole nitrogens is 1. The van der Waals surface area contributed by atoms with Gasteiger partial charge in [-0.15, -0.1) is 0 Å². The van der Waals surface area contributed by atoms with E-state index in [-0.39, 0.29) is 5.82 Å². The molecule has 0 saturated carbocycles. The summed E-state index contributed by atoms with van der Waals surface area (Å²) >= 11 is 5.13. The van der Waals surface area contributed by atoms with E-state index in [1.54, 1.807) is 12.1 Å². The number of nitrogens with zero attached hydrogens (tertiary/aromatic N) is 1. The van der Waals surface area contributed by atoms with Crippen LogP contribution in [0.25, 0.3) is 11.3 Å². The standard InChI is InChI=1S/C14H15FN2OS/c1-3-18-8-13-16-12(7-14(19)17-13)11-6-10(15)5-4-9(11)2/h4-7H,3,8H2,1-2H3,(H,16,17,19). The molecular formula is C14H15FN2OS. The van der Waals surface area contributed by atoms with E-state index in [9.17, 15) is 4.39 Å². The van der Waals surface area contributed by atoms with Gasteiger partial charge in [-0.05, 0) is 37.6 Å². The summed E-state index contributed by atoms with van der Waals surface area (Å²) in [5.41, 5.74) is 2.51. The lowest BCUT2D eigenvalue weighted by atomic mass is 10.1. The Hall–Kier alpha value is -1.59. The number of hydrogen-bond donors (Lipinski definition) is 1. The number of aromatic nitrogens is 2. The van der Waals surface area contributed by atoms with Gasteiger partial charge in [-0.3, -0.25) is 0 Å². The van der Waals surface area contributed by atoms with Crippen LogP contribution in [0.5, 0.6) is 0 Å². The van der Waals surface area contributed by atoms with Crippen LogP contribution in [0.1, 0.15) is 18.3 Å². The van der Waals surface area contributed by atoms with E-state index in [0.717, 1.165) is 16.8 Å². The summed E-state index contributed by atoms with van der Waals surface area (Å²) < 4.78 is 19.1. The Bertz CT molecular complexity index is 640. The average Bonchev–Trinajstić information content (AvgIpc) is 2.38. The summed E-state index contributed by atoms with van der Waals surface area (Å²) in [5.74, 6) is 0.371. The predicted molar refractivity (Wildman–Crippen MR) is 74.9 cm³/mol. The molecule has 1 aromatic carbocycles. The second-order valence-electron chi connectivity index (χ2n) is 4.18. The van der Waals surface area contributed by atoms with E-state index in [2.05, 4.69) is 9.97 Å². The van der Waals surface area contributed by atoms with Crippen molar-refractivity contribution in [2.75, 3.05) is 6.61 Å². The Kier molecular flexibility index (Phi) is 4.39. The molecule has 2 rings (SSSR count). The van der Waals surface area contributed by atoms with Crippen molar-refractivity contribution in [2.45, 2.75) is 20.5 Å². The summed E-state index contributed by atoms with van der Waals surface area (Å²) in [5, 5.41) is 0. The maximum absolute atomic E-state index is 13.4. The molecule has 3 nitrogen and oxygen atoms in total. The van der Waals surface area contributed by atoms with Gasteiger partial charge in [-0.2, -0.15) is 0 Å². The summed E-state index contributed by atoms with van der Waals surface area (Å²) in [4.78, 5) is 7.32. The van der Waals surface area contributed by atoms with Crippen molar-refractivity contribution < 1.29 is 9.13 Å². The molecule has 0 atom stereocenters. The first-order valence-corrected chi connectivity index (χ1v) is 6.45. The molecule has 19 heavy (non-hydrogen) atoms. The number of aryl methyl sites for hydroxylation is 1. The van der Waals surface area contributed by atoms with E-state index in [1.165, 1.54) is 12.1 Å². The topological polar surface area (TPSA) is 37.9 Å². The van der Waals surface area contributed by atoms with Gasteiger partial charge < -0.3 is 9.72 Å². The molecule has 0 bridgehead atoms. The highest BCUT2D eigenvalue weighted by Gasteiger charge is 2.06. The highest BCUT2D eigenvalue weighted by atomic mass is 32.1. The number of ether oxygens (including phenoxy) is 1. The third-order valence-corrected chi connectivity index (χ3v) is 2.93. The van der Waals surface area contributed by atoms with Crippen LogP contribution in [0.3, 0.4) is 0 Å². The quantitative estimate of drug-likeness (QED) is 0.865. The van der Waals surface area contributed by atoms with Gasteiger partial charge in [-0.25, -0.2) is 9.37 Å². The van der Waals surface area contributed by atoms with Crippen LogP contribution in [0, 0.1) is 17.4 Å². The van der Waals surface area contributed by atoms with Crippen LogP contribution in [0.4, 0.5) is 4.39 Å². The second-order valence-corrected chi connectivity index (χ2v) is 4.59. The van der Waals surface area contributed by atoms with Crippen LogP contribution in [-0.4, -0.2) is 16.6 Å². The van der Waals surface area contributed by atoms with E-state index in [4.69, 9.17) is 17.0 Å². The van der Waals surface area contributed by atoms with Crippen LogP contribution < -0.4 is 0 Å². The van der Waals surface area contributed by atoms with E-state index < -0.39 is 0 Å². The summed E-state index contributed by atoms with van der Waals surface area (Å²) in [6.45, 7) is 4.80. The van der Waals surface area contributed by atoms with Gasteiger partial charge in [-0.1, -0.05) is 18.3 Å². The minimum Gasteiger partial charge on any atom is -0.374 e. The molecule has 1 aromatic heterocycles. The molecular weight excluding hydrogens is 263 g/mol. The van der Waals surface area contributed by atoms with Crippen LogP contribution in [0.15, 0.2) is 24.3 Å². The number of nitrogens with one attached hydrogen (secondary N) is 1. The van der Waals surface area contributed by atoms with Crippen molar-refractivity contribution >= 4 is 12.2 Å². The fourth-order valence-corrected chi connectivity index (χ4v) is 2.03. The number of rotatable bonds is 4. The van der Waals surface area contributed by atoms with Crippen molar-refractivity contribution in [1.82, 2.24) is 9.97 Å². The fourth-order valence-electron chi connectivity index (χ4n) is 1.80. The molecule has 1 N–H and O–H groups in total. The molecule has 0 radical (unpaired) electrons. The molecule has 0 amide bonds. The first-order valence-electron chi connectivity index (χ1n) is 6.04. The summed E-state index contributed by atoms with van der Waals surface area (Å²) in [6, 6.07) is 6.40. The summed E-state index contributed by atoms with van der Waals surface area (Å²) in [7, 11) is 0. The first kappa shape index (κ1) is 13.8. The Morgan fingerprint density at radius 3 is 2.89 bits per heavy atom. The van der Waals surface area contributed by atoms with Gasteiger partial charge in [0.1, 0.15) is 22.9 Å². The number of hydrogen-bond acceptors (Lipinski definition) is 3. The fraction of sp³-hybridized carbons (Fsp3) is 0.286. The molecule has 0 aliphatic rings. The highest BCUT2D eigenvalue weighted by molar-refractivity contribution is 7.71. The molecule has 0 aliphatic carbocycles. The van der Waals surface area contributed by atoms with Gasteiger partial charge in [0.25, 0.3) is 0 Å². The van der Waals surface area contributed by atoms with Gasteiger partial charge in [0.05, 0.1) is 5.69 Å². The lowest BCUT2D eigenvalue weighted by Crippen LogP contribution is -2.01. The maximum Gasteiger partial charge on any atom is 0.134 e. The number of aromatic amines is 1. The Balaban J connectivity index is 2.46. The first-order chi connectivity index (χ1) is 9.10. The molecule has 2 aromatic rings. The predicted octanol–water partition coefficient (Wildman–Crippen LogP) is 3.79. The largest absolute Gasteiger partial charge is 0.374 e. The second kappa shape index (κ2) is 6.04. The minimum atomic E-state index is -0.275. The normalized spacial score (nSPS) is 10.7. The lowest BCUT2D eigenvalue weighted by Gasteiger charge is -2.09. The molecule has 0 fully saturated rings. The number of halogens is 1. The van der Waals surface area contributed by atoms with Crippen molar-refractivity contribution in [2.24, 2.45) is 0 Å². The average molecular weight is 278 g/mol. The molecule has 100 valence electrons. The highest BCUT2D eigenvalue weighted by Crippen LogP contribution is 2.22. The van der Waals surface area contributed by atoms with E-state index in [0.29, 0.717) is 23.7 Å². The van der Waals surface area contributed by atoms with E-state index in [1.807, 2.05) is 13.8 Å². The smallest absolute Gasteiger partial charge is 0.134 e. The van der Waals surface area contributed by atoms with Crippen molar-refractivity contribution in [3.05, 3.63) is 46.1 Å². The van der Waals surface area contributed by atoms with Gasteiger partial charge in [0.2, 0.25) is 0 Å². The zero-order valence-electron chi connectivity index (χ0n) is 10.9. The molecule has 1 heterocycles. The minimum absolute atomic E-state index is 0.275. The van der Waals surface area contributed by atoms with Crippen LogP contribution in [-0.2, 0) is 11.3 Å². The van der Waals surface area contributed by atoms with Gasteiger partial charge >= 0.3 is 0 Å². The monoisotopic (exact) mass is 278 g/mol. The summed E-state index contributed by atoms with van der Waals surface area (Å²) in [6.07, 6.45) is 0. The third kappa shape index (κ3) is 3.45. The maximum atomic E-state index is 13.4. The third-order valence-electron chi connectivity index (χ3n) is 2.72. The number of benzene rings is 1.